The highest BCUT2D eigenvalue weighted by Crippen LogP contribution is 2.35. The van der Waals surface area contributed by atoms with Gasteiger partial charge in [-0.2, -0.15) is 0 Å². The molecule has 0 fully saturated rings. The Morgan fingerprint density at radius 2 is 2.33 bits per heavy atom. The average Bonchev–Trinajstić information content (AvgIpc) is 2.44. The molecule has 0 saturated carbocycles. The SMILES string of the molecule is O=C([O-])c1c(Cl)sc2nnsc12. The van der Waals surface area contributed by atoms with Crippen LogP contribution < -0.4 is 5.11 Å². The van der Waals surface area contributed by atoms with Crippen LogP contribution in [0.2, 0.25) is 4.34 Å². The van der Waals surface area contributed by atoms with Crippen LogP contribution in [-0.4, -0.2) is 15.6 Å². The number of nitrogens with zero attached hydrogens (tertiary/aromatic N) is 2. The van der Waals surface area contributed by atoms with Gasteiger partial charge in [0, 0.05) is 5.56 Å². The molecule has 0 N–H and O–H groups in total. The number of carbonyl (C=O) groups excluding carboxylic acids is 1. The van der Waals surface area contributed by atoms with Crippen LogP contribution in [0.25, 0.3) is 9.53 Å². The van der Waals surface area contributed by atoms with Gasteiger partial charge in [0.15, 0.2) is 4.83 Å². The number of aromatic nitrogens is 2. The third kappa shape index (κ3) is 0.996. The summed E-state index contributed by atoms with van der Waals surface area (Å²) in [6.07, 6.45) is 0. The predicted octanol–water partition coefficient (Wildman–Crippen LogP) is 0.770. The predicted molar refractivity (Wildman–Crippen MR) is 44.6 cm³/mol. The number of hydrogen-bond donors (Lipinski definition) is 0. The fourth-order valence-corrected chi connectivity index (χ4v) is 2.93. The number of hydrogen-bond acceptors (Lipinski definition) is 6. The number of fused-ring (bicyclic) bond motifs is 1. The number of aromatic carboxylic acids is 1. The average molecular weight is 220 g/mol. The second kappa shape index (κ2) is 2.65. The van der Waals surface area contributed by atoms with Crippen LogP contribution >= 0.6 is 34.5 Å². The van der Waals surface area contributed by atoms with Gasteiger partial charge in [-0.1, -0.05) is 27.4 Å². The third-order valence-electron chi connectivity index (χ3n) is 1.27. The maximum absolute atomic E-state index is 10.6. The number of carboxylic acids is 1. The topological polar surface area (TPSA) is 65.9 Å². The van der Waals surface area contributed by atoms with E-state index in [1.165, 1.54) is 0 Å². The Labute approximate surface area is 79.6 Å². The first-order valence-corrected chi connectivity index (χ1v) is 4.78. The van der Waals surface area contributed by atoms with Crippen molar-refractivity contribution in [1.82, 2.24) is 9.59 Å². The van der Waals surface area contributed by atoms with Gasteiger partial charge >= 0.3 is 0 Å². The normalized spacial score (nSPS) is 10.8. The van der Waals surface area contributed by atoms with E-state index >= 15 is 0 Å². The van der Waals surface area contributed by atoms with Gasteiger partial charge in [-0.15, -0.1) is 5.10 Å². The van der Waals surface area contributed by atoms with Crippen molar-refractivity contribution in [2.45, 2.75) is 0 Å². The second-order valence-electron chi connectivity index (χ2n) is 1.95. The molecule has 0 amide bonds. The van der Waals surface area contributed by atoms with Crippen LogP contribution in [0.1, 0.15) is 10.4 Å². The van der Waals surface area contributed by atoms with Gasteiger partial charge in [0.25, 0.3) is 0 Å². The second-order valence-corrected chi connectivity index (χ2v) is 4.30. The highest BCUT2D eigenvalue weighted by atomic mass is 35.5. The minimum atomic E-state index is -1.28. The summed E-state index contributed by atoms with van der Waals surface area (Å²) >= 11 is 7.74. The van der Waals surface area contributed by atoms with Crippen LogP contribution in [0.15, 0.2) is 0 Å². The Balaban J connectivity index is 2.84. The molecular weight excluding hydrogens is 220 g/mol. The van der Waals surface area contributed by atoms with E-state index in [4.69, 9.17) is 11.6 Å². The fourth-order valence-electron chi connectivity index (χ4n) is 0.800. The molecule has 0 unspecified atom stereocenters. The first kappa shape index (κ1) is 7.90. The third-order valence-corrected chi connectivity index (χ3v) is 3.43. The molecule has 7 heteroatoms. The quantitative estimate of drug-likeness (QED) is 0.711. The summed E-state index contributed by atoms with van der Waals surface area (Å²) in [4.78, 5) is 11.1. The molecule has 0 aliphatic heterocycles. The summed E-state index contributed by atoms with van der Waals surface area (Å²) in [6.45, 7) is 0. The van der Waals surface area contributed by atoms with Gasteiger partial charge in [0.1, 0.15) is 4.34 Å². The number of carboxylic acid groups (broad SMARTS) is 1. The summed E-state index contributed by atoms with van der Waals surface area (Å²) in [6, 6.07) is 0. The Morgan fingerprint density at radius 1 is 1.58 bits per heavy atom. The van der Waals surface area contributed by atoms with Crippen LogP contribution in [-0.2, 0) is 0 Å². The van der Waals surface area contributed by atoms with E-state index in [2.05, 4.69) is 9.59 Å². The van der Waals surface area contributed by atoms with E-state index in [0.717, 1.165) is 22.9 Å². The minimum absolute atomic E-state index is 0.00617. The van der Waals surface area contributed by atoms with Crippen molar-refractivity contribution in [2.24, 2.45) is 0 Å². The first-order valence-electron chi connectivity index (χ1n) is 2.82. The molecule has 0 radical (unpaired) electrons. The van der Waals surface area contributed by atoms with Gasteiger partial charge < -0.3 is 9.90 Å². The van der Waals surface area contributed by atoms with E-state index < -0.39 is 5.97 Å². The molecule has 0 spiro atoms. The van der Waals surface area contributed by atoms with E-state index in [0.29, 0.717) is 9.53 Å². The van der Waals surface area contributed by atoms with Gasteiger partial charge in [-0.3, -0.25) is 0 Å². The molecule has 2 aromatic rings. The largest absolute Gasteiger partial charge is 0.545 e. The molecule has 0 saturated heterocycles. The van der Waals surface area contributed by atoms with Crippen molar-refractivity contribution in [3.8, 4) is 0 Å². The van der Waals surface area contributed by atoms with E-state index in [1.54, 1.807) is 0 Å². The first-order chi connectivity index (χ1) is 5.70. The molecule has 4 nitrogen and oxygen atoms in total. The molecule has 2 rings (SSSR count). The number of rotatable bonds is 1. The van der Waals surface area contributed by atoms with Crippen LogP contribution in [0.4, 0.5) is 0 Å². The smallest absolute Gasteiger partial charge is 0.160 e. The molecule has 0 aromatic carbocycles. The van der Waals surface area contributed by atoms with Gasteiger partial charge in [-0.25, -0.2) is 0 Å². The molecule has 12 heavy (non-hydrogen) atoms. The maximum atomic E-state index is 10.6. The van der Waals surface area contributed by atoms with E-state index in [-0.39, 0.29) is 9.90 Å². The highest BCUT2D eigenvalue weighted by molar-refractivity contribution is 7.27. The Hall–Kier alpha value is -0.720. The molecule has 2 heterocycles. The zero-order chi connectivity index (χ0) is 8.72. The molecular formula is C5ClN2O2S2-. The van der Waals surface area contributed by atoms with Gasteiger partial charge in [-0.05, 0) is 11.5 Å². The Bertz CT molecular complexity index is 449. The van der Waals surface area contributed by atoms with Crippen molar-refractivity contribution in [3.63, 3.8) is 0 Å². The van der Waals surface area contributed by atoms with Crippen molar-refractivity contribution in [3.05, 3.63) is 9.90 Å². The summed E-state index contributed by atoms with van der Waals surface area (Å²) in [5, 5.41) is 14.3. The Morgan fingerprint density at radius 3 is 3.00 bits per heavy atom. The van der Waals surface area contributed by atoms with E-state index in [1.807, 2.05) is 0 Å². The van der Waals surface area contributed by atoms with Crippen molar-refractivity contribution < 1.29 is 9.90 Å². The lowest BCUT2D eigenvalue weighted by Gasteiger charge is -1.96. The molecule has 0 aliphatic carbocycles. The van der Waals surface area contributed by atoms with Crippen molar-refractivity contribution in [1.29, 1.82) is 0 Å². The number of halogens is 1. The minimum Gasteiger partial charge on any atom is -0.545 e. The summed E-state index contributed by atoms with van der Waals surface area (Å²) in [7, 11) is 0. The molecule has 62 valence electrons. The highest BCUT2D eigenvalue weighted by Gasteiger charge is 2.14. The zero-order valence-electron chi connectivity index (χ0n) is 5.41. The summed E-state index contributed by atoms with van der Waals surface area (Å²) in [5.74, 6) is -1.28. The molecule has 2 aromatic heterocycles. The van der Waals surface area contributed by atoms with E-state index in [9.17, 15) is 9.90 Å². The summed E-state index contributed by atoms with van der Waals surface area (Å²) < 4.78 is 4.29. The number of thiophene rings is 1. The molecule has 0 bridgehead atoms. The molecule has 0 aliphatic rings. The lowest BCUT2D eigenvalue weighted by Crippen LogP contribution is -2.21. The van der Waals surface area contributed by atoms with Gasteiger partial charge in [0.2, 0.25) is 0 Å². The van der Waals surface area contributed by atoms with Gasteiger partial charge in [0.05, 0.1) is 10.7 Å². The monoisotopic (exact) mass is 219 g/mol. The number of carbonyl (C=O) groups is 1. The van der Waals surface area contributed by atoms with Crippen LogP contribution in [0, 0.1) is 0 Å². The Kier molecular flexibility index (Phi) is 1.75. The van der Waals surface area contributed by atoms with Crippen molar-refractivity contribution in [2.75, 3.05) is 0 Å². The van der Waals surface area contributed by atoms with Crippen LogP contribution in [0.5, 0.6) is 0 Å². The standard InChI is InChI=1S/C5HClN2O2S2/c6-3-1(5(9)10)2-4(11-3)7-8-12-2/h(H,9,10)/p-1. The lowest BCUT2D eigenvalue weighted by molar-refractivity contribution is -0.254. The lowest BCUT2D eigenvalue weighted by atomic mass is 10.3. The summed E-state index contributed by atoms with van der Waals surface area (Å²) in [5.41, 5.74) is 0.00617. The van der Waals surface area contributed by atoms with Crippen LogP contribution in [0.3, 0.4) is 0 Å². The maximum Gasteiger partial charge on any atom is 0.160 e. The fraction of sp³-hybridized carbons (Fsp3) is 0. The van der Waals surface area contributed by atoms with Crippen molar-refractivity contribution >= 4 is 50.0 Å². The zero-order valence-corrected chi connectivity index (χ0v) is 7.79. The molecule has 0 atom stereocenters.